The number of aliphatic hydroxyl groups excluding tert-OH is 1. The highest BCUT2D eigenvalue weighted by molar-refractivity contribution is 9.10. The Morgan fingerprint density at radius 2 is 2.33 bits per heavy atom. The van der Waals surface area contributed by atoms with Gasteiger partial charge in [-0.3, -0.25) is 4.68 Å². The average molecular weight is 277 g/mol. The largest absolute Gasteiger partial charge is 0.387 e. The first-order chi connectivity index (χ1) is 7.18. The lowest BCUT2D eigenvalue weighted by molar-refractivity contribution is -0.0719. The van der Waals surface area contributed by atoms with Gasteiger partial charge in [-0.1, -0.05) is 0 Å². The molecule has 84 valence electrons. The minimum absolute atomic E-state index is 0.304. The summed E-state index contributed by atoms with van der Waals surface area (Å²) in [6.07, 6.45) is 1.16. The highest BCUT2D eigenvalue weighted by Crippen LogP contribution is 2.27. The fourth-order valence-electron chi connectivity index (χ4n) is 1.63. The van der Waals surface area contributed by atoms with Crippen molar-refractivity contribution in [1.82, 2.24) is 9.78 Å². The first kappa shape index (κ1) is 11.1. The third-order valence-electron chi connectivity index (χ3n) is 2.36. The molecule has 1 saturated heterocycles. The normalized spacial score (nSPS) is 19.7. The van der Waals surface area contributed by atoms with E-state index in [1.165, 1.54) is 0 Å². The highest BCUT2D eigenvalue weighted by atomic mass is 79.9. The number of hydrogen-bond acceptors (Lipinski definition) is 4. The van der Waals surface area contributed by atoms with E-state index in [1.807, 2.05) is 0 Å². The molecular weight excluding hydrogens is 264 g/mol. The maximum atomic E-state index is 9.98. The van der Waals surface area contributed by atoms with Crippen molar-refractivity contribution in [2.45, 2.75) is 18.8 Å². The first-order valence-electron chi connectivity index (χ1n) is 4.77. The lowest BCUT2D eigenvalue weighted by atomic mass is 10.2. The molecule has 1 aliphatic heterocycles. The van der Waals surface area contributed by atoms with E-state index in [9.17, 15) is 5.11 Å². The number of ether oxygens (including phenoxy) is 2. The van der Waals surface area contributed by atoms with Gasteiger partial charge < -0.3 is 14.6 Å². The zero-order chi connectivity index (χ0) is 10.8. The summed E-state index contributed by atoms with van der Waals surface area (Å²) in [5, 5.41) is 14.0. The lowest BCUT2D eigenvalue weighted by Crippen LogP contribution is -2.15. The van der Waals surface area contributed by atoms with Crippen molar-refractivity contribution in [3.8, 4) is 0 Å². The van der Waals surface area contributed by atoms with E-state index in [2.05, 4.69) is 21.0 Å². The van der Waals surface area contributed by atoms with Crippen molar-refractivity contribution in [3.05, 3.63) is 16.4 Å². The number of nitrogens with zero attached hydrogens (tertiary/aromatic N) is 2. The molecule has 1 unspecified atom stereocenters. The van der Waals surface area contributed by atoms with Gasteiger partial charge in [-0.05, 0) is 15.9 Å². The molecule has 0 aromatic carbocycles. The van der Waals surface area contributed by atoms with Crippen molar-refractivity contribution in [2.24, 2.45) is 7.05 Å². The van der Waals surface area contributed by atoms with Gasteiger partial charge in [0.2, 0.25) is 0 Å². The van der Waals surface area contributed by atoms with Crippen molar-refractivity contribution in [3.63, 3.8) is 0 Å². The van der Waals surface area contributed by atoms with Gasteiger partial charge in [0.05, 0.1) is 29.6 Å². The average Bonchev–Trinajstić information content (AvgIpc) is 2.77. The molecule has 0 radical (unpaired) electrons. The smallest absolute Gasteiger partial charge is 0.160 e. The molecular formula is C9H13BrN2O3. The van der Waals surface area contributed by atoms with Crippen molar-refractivity contribution < 1.29 is 14.6 Å². The number of rotatable bonds is 3. The van der Waals surface area contributed by atoms with Gasteiger partial charge in [0.15, 0.2) is 6.29 Å². The molecule has 0 amide bonds. The van der Waals surface area contributed by atoms with Gasteiger partial charge in [-0.15, -0.1) is 0 Å². The van der Waals surface area contributed by atoms with E-state index in [4.69, 9.17) is 9.47 Å². The summed E-state index contributed by atoms with van der Waals surface area (Å²) in [5.41, 5.74) is 0.745. The summed E-state index contributed by atoms with van der Waals surface area (Å²) in [7, 11) is 1.79. The summed E-state index contributed by atoms with van der Waals surface area (Å²) in [6, 6.07) is 0. The zero-order valence-corrected chi connectivity index (χ0v) is 9.98. The van der Waals surface area contributed by atoms with Crippen molar-refractivity contribution >= 4 is 15.9 Å². The Morgan fingerprint density at radius 1 is 1.67 bits per heavy atom. The number of hydrogen-bond donors (Lipinski definition) is 1. The molecule has 0 aliphatic carbocycles. The summed E-state index contributed by atoms with van der Waals surface area (Å²) in [6.45, 7) is 1.20. The third-order valence-corrected chi connectivity index (χ3v) is 2.97. The molecule has 6 heteroatoms. The maximum Gasteiger partial charge on any atom is 0.160 e. The molecule has 2 rings (SSSR count). The van der Waals surface area contributed by atoms with Crippen LogP contribution in [0.5, 0.6) is 0 Å². The zero-order valence-electron chi connectivity index (χ0n) is 8.39. The molecule has 1 N–H and O–H groups in total. The van der Waals surface area contributed by atoms with Crippen LogP contribution in [0.1, 0.15) is 18.2 Å². The van der Waals surface area contributed by atoms with Crippen LogP contribution in [0.15, 0.2) is 10.7 Å². The van der Waals surface area contributed by atoms with E-state index in [0.29, 0.717) is 19.6 Å². The molecule has 1 aromatic rings. The van der Waals surface area contributed by atoms with E-state index in [0.717, 1.165) is 10.2 Å². The Labute approximate surface area is 96.1 Å². The SMILES string of the molecule is Cn1ncc(Br)c1C(O)CC1OCCO1. The molecule has 2 heterocycles. The van der Waals surface area contributed by atoms with Crippen LogP contribution >= 0.6 is 15.9 Å². The standard InChI is InChI=1S/C9H13BrN2O3/c1-12-9(6(10)5-11-12)7(13)4-8-14-2-3-15-8/h5,7-8,13H,2-4H2,1H3. The molecule has 0 bridgehead atoms. The number of halogens is 1. The van der Waals surface area contributed by atoms with Crippen LogP contribution < -0.4 is 0 Å². The summed E-state index contributed by atoms with van der Waals surface area (Å²) >= 11 is 3.34. The van der Waals surface area contributed by atoms with Gasteiger partial charge in [0.1, 0.15) is 6.10 Å². The van der Waals surface area contributed by atoms with E-state index in [-0.39, 0.29) is 6.29 Å². The predicted octanol–water partition coefficient (Wildman–Crippen LogP) is 0.979. The van der Waals surface area contributed by atoms with E-state index < -0.39 is 6.10 Å². The molecule has 1 fully saturated rings. The predicted molar refractivity (Wildman–Crippen MR) is 56.2 cm³/mol. The summed E-state index contributed by atoms with van der Waals surface area (Å²) < 4.78 is 13.0. The molecule has 1 aromatic heterocycles. The van der Waals surface area contributed by atoms with E-state index >= 15 is 0 Å². The van der Waals surface area contributed by atoms with Gasteiger partial charge in [-0.25, -0.2) is 0 Å². The Morgan fingerprint density at radius 3 is 2.87 bits per heavy atom. The number of aromatic nitrogens is 2. The Bertz CT molecular complexity index is 317. The van der Waals surface area contributed by atoms with Crippen molar-refractivity contribution in [1.29, 1.82) is 0 Å². The van der Waals surface area contributed by atoms with Crippen molar-refractivity contribution in [2.75, 3.05) is 13.2 Å². The van der Waals surface area contributed by atoms with Gasteiger partial charge >= 0.3 is 0 Å². The molecule has 0 spiro atoms. The Kier molecular flexibility index (Phi) is 3.40. The molecule has 0 saturated carbocycles. The molecule has 5 nitrogen and oxygen atoms in total. The summed E-state index contributed by atoms with van der Waals surface area (Å²) in [4.78, 5) is 0. The van der Waals surface area contributed by atoms with Crippen LogP contribution in [0.3, 0.4) is 0 Å². The maximum absolute atomic E-state index is 9.98. The van der Waals surface area contributed by atoms with Crippen LogP contribution in [0.4, 0.5) is 0 Å². The van der Waals surface area contributed by atoms with Crippen LogP contribution in [0, 0.1) is 0 Å². The monoisotopic (exact) mass is 276 g/mol. The second kappa shape index (κ2) is 4.61. The number of aryl methyl sites for hydroxylation is 1. The van der Waals surface area contributed by atoms with Gasteiger partial charge in [0.25, 0.3) is 0 Å². The molecule has 1 atom stereocenters. The van der Waals surface area contributed by atoms with Gasteiger partial charge in [-0.2, -0.15) is 5.10 Å². The van der Waals surface area contributed by atoms with Gasteiger partial charge in [0, 0.05) is 13.5 Å². The summed E-state index contributed by atoms with van der Waals surface area (Å²) in [5.74, 6) is 0. The Hall–Kier alpha value is -0.430. The second-order valence-corrected chi connectivity index (χ2v) is 4.28. The minimum Gasteiger partial charge on any atom is -0.387 e. The number of aliphatic hydroxyl groups is 1. The van der Waals surface area contributed by atoms with Crippen LogP contribution in [-0.4, -0.2) is 34.4 Å². The molecule has 15 heavy (non-hydrogen) atoms. The lowest BCUT2D eigenvalue weighted by Gasteiger charge is -2.15. The van der Waals surface area contributed by atoms with Crippen LogP contribution in [-0.2, 0) is 16.5 Å². The highest BCUT2D eigenvalue weighted by Gasteiger charge is 2.24. The first-order valence-corrected chi connectivity index (χ1v) is 5.56. The second-order valence-electron chi connectivity index (χ2n) is 3.42. The van der Waals surface area contributed by atoms with Crippen LogP contribution in [0.2, 0.25) is 0 Å². The fourth-order valence-corrected chi connectivity index (χ4v) is 2.24. The third kappa shape index (κ3) is 2.39. The quantitative estimate of drug-likeness (QED) is 0.894. The topological polar surface area (TPSA) is 56.5 Å². The fraction of sp³-hybridized carbons (Fsp3) is 0.667. The Balaban J connectivity index is 2.03. The molecule has 1 aliphatic rings. The van der Waals surface area contributed by atoms with Crippen LogP contribution in [0.25, 0.3) is 0 Å². The van der Waals surface area contributed by atoms with E-state index in [1.54, 1.807) is 17.9 Å². The minimum atomic E-state index is -0.630.